The number of hydrogen-bond acceptors (Lipinski definition) is 6. The quantitative estimate of drug-likeness (QED) is 0.684. The van der Waals surface area contributed by atoms with Gasteiger partial charge < -0.3 is 14.1 Å². The number of likely N-dealkylation sites (tertiary alicyclic amines) is 1. The summed E-state index contributed by atoms with van der Waals surface area (Å²) in [6.07, 6.45) is 2.29. The van der Waals surface area contributed by atoms with Gasteiger partial charge in [-0.25, -0.2) is 9.78 Å². The van der Waals surface area contributed by atoms with E-state index in [1.54, 1.807) is 29.3 Å². The predicted molar refractivity (Wildman–Crippen MR) is 89.5 cm³/mol. The number of hydrogen-bond donors (Lipinski definition) is 0. The molecular formula is C17H14N2O4S. The molecular weight excluding hydrogens is 328 g/mol. The number of para-hydroxylation sites is 1. The van der Waals surface area contributed by atoms with Crippen molar-refractivity contribution in [2.75, 3.05) is 13.1 Å². The molecule has 1 amide bonds. The Bertz CT molecular complexity index is 935. The van der Waals surface area contributed by atoms with Crippen LogP contribution in [0.3, 0.4) is 0 Å². The molecule has 1 saturated heterocycles. The lowest BCUT2D eigenvalue weighted by Crippen LogP contribution is -2.33. The van der Waals surface area contributed by atoms with Crippen LogP contribution < -0.4 is 10.4 Å². The molecule has 3 heterocycles. The summed E-state index contributed by atoms with van der Waals surface area (Å²) in [4.78, 5) is 30.5. The van der Waals surface area contributed by atoms with Crippen molar-refractivity contribution >= 4 is 28.2 Å². The van der Waals surface area contributed by atoms with Gasteiger partial charge >= 0.3 is 5.63 Å². The number of amides is 1. The van der Waals surface area contributed by atoms with Gasteiger partial charge in [0.1, 0.15) is 17.3 Å². The van der Waals surface area contributed by atoms with E-state index in [0.717, 1.165) is 5.39 Å². The first-order valence-corrected chi connectivity index (χ1v) is 8.47. The molecule has 0 saturated carbocycles. The molecule has 4 rings (SSSR count). The van der Waals surface area contributed by atoms with Crippen LogP contribution in [0.2, 0.25) is 0 Å². The molecule has 7 heteroatoms. The molecule has 1 aromatic carbocycles. The number of ether oxygens (including phenoxy) is 1. The molecule has 0 spiro atoms. The lowest BCUT2D eigenvalue weighted by molar-refractivity contribution is 0.0768. The van der Waals surface area contributed by atoms with Crippen LogP contribution in [0.5, 0.6) is 5.19 Å². The summed E-state index contributed by atoms with van der Waals surface area (Å²) in [6.45, 7) is 0.978. The summed E-state index contributed by atoms with van der Waals surface area (Å²) in [5.74, 6) is -0.320. The SMILES string of the molecule is O=C(c1cc2ccccc2oc1=O)N1CCC(Oc2nccs2)C1. The maximum Gasteiger partial charge on any atom is 0.349 e. The first-order chi connectivity index (χ1) is 11.7. The Kier molecular flexibility index (Phi) is 3.78. The Hall–Kier alpha value is -2.67. The van der Waals surface area contributed by atoms with Crippen LogP contribution in [0, 0.1) is 0 Å². The van der Waals surface area contributed by atoms with Crippen LogP contribution >= 0.6 is 11.3 Å². The summed E-state index contributed by atoms with van der Waals surface area (Å²) in [5.41, 5.74) is -0.0722. The third-order valence-corrected chi connectivity index (χ3v) is 4.64. The zero-order valence-electron chi connectivity index (χ0n) is 12.7. The van der Waals surface area contributed by atoms with E-state index < -0.39 is 5.63 Å². The maximum absolute atomic E-state index is 12.7. The highest BCUT2D eigenvalue weighted by Crippen LogP contribution is 2.22. The summed E-state index contributed by atoms with van der Waals surface area (Å²) >= 11 is 1.42. The lowest BCUT2D eigenvalue weighted by Gasteiger charge is -2.16. The first kappa shape index (κ1) is 14.9. The molecule has 1 aliphatic rings. The Morgan fingerprint density at radius 1 is 1.38 bits per heavy atom. The molecule has 24 heavy (non-hydrogen) atoms. The molecule has 1 unspecified atom stereocenters. The number of thiazole rings is 1. The number of rotatable bonds is 3. The minimum Gasteiger partial charge on any atom is -0.465 e. The second kappa shape index (κ2) is 6.09. The molecule has 1 fully saturated rings. The van der Waals surface area contributed by atoms with Gasteiger partial charge in [-0.1, -0.05) is 29.5 Å². The highest BCUT2D eigenvalue weighted by Gasteiger charge is 2.30. The van der Waals surface area contributed by atoms with E-state index >= 15 is 0 Å². The molecule has 1 atom stereocenters. The second-order valence-electron chi connectivity index (χ2n) is 5.56. The Labute approximate surface area is 141 Å². The normalized spacial score (nSPS) is 17.3. The van der Waals surface area contributed by atoms with E-state index in [-0.39, 0.29) is 17.6 Å². The third kappa shape index (κ3) is 2.78. The monoisotopic (exact) mass is 342 g/mol. The smallest absolute Gasteiger partial charge is 0.349 e. The fraction of sp³-hybridized carbons (Fsp3) is 0.235. The zero-order chi connectivity index (χ0) is 16.5. The van der Waals surface area contributed by atoms with Crippen molar-refractivity contribution in [1.82, 2.24) is 9.88 Å². The molecule has 3 aromatic rings. The highest BCUT2D eigenvalue weighted by atomic mass is 32.1. The van der Waals surface area contributed by atoms with Crippen LogP contribution in [0.15, 0.2) is 51.1 Å². The van der Waals surface area contributed by atoms with Crippen molar-refractivity contribution < 1.29 is 13.9 Å². The van der Waals surface area contributed by atoms with E-state index in [1.165, 1.54) is 11.3 Å². The first-order valence-electron chi connectivity index (χ1n) is 7.59. The minimum atomic E-state index is -0.608. The van der Waals surface area contributed by atoms with Gasteiger partial charge in [-0.15, -0.1) is 0 Å². The van der Waals surface area contributed by atoms with Crippen LogP contribution in [0.25, 0.3) is 11.0 Å². The summed E-state index contributed by atoms with van der Waals surface area (Å²) in [5, 5.41) is 3.17. The topological polar surface area (TPSA) is 72.6 Å². The van der Waals surface area contributed by atoms with Gasteiger partial charge in [-0.05, 0) is 12.1 Å². The van der Waals surface area contributed by atoms with Crippen molar-refractivity contribution in [3.63, 3.8) is 0 Å². The van der Waals surface area contributed by atoms with Crippen molar-refractivity contribution in [2.24, 2.45) is 0 Å². The van der Waals surface area contributed by atoms with E-state index in [0.29, 0.717) is 30.3 Å². The average molecular weight is 342 g/mol. The van der Waals surface area contributed by atoms with Gasteiger partial charge in [-0.2, -0.15) is 0 Å². The van der Waals surface area contributed by atoms with Crippen LogP contribution in [0.4, 0.5) is 0 Å². The van der Waals surface area contributed by atoms with E-state index in [4.69, 9.17) is 9.15 Å². The van der Waals surface area contributed by atoms with Gasteiger partial charge in [-0.3, -0.25) is 4.79 Å². The summed E-state index contributed by atoms with van der Waals surface area (Å²) in [7, 11) is 0. The van der Waals surface area contributed by atoms with Crippen molar-refractivity contribution in [3.05, 3.63) is 57.9 Å². The van der Waals surface area contributed by atoms with Gasteiger partial charge in [0.2, 0.25) is 0 Å². The molecule has 0 bridgehead atoms. The summed E-state index contributed by atoms with van der Waals surface area (Å²) in [6, 6.07) is 8.74. The van der Waals surface area contributed by atoms with Crippen molar-refractivity contribution in [1.29, 1.82) is 0 Å². The molecule has 0 N–H and O–H groups in total. The molecule has 0 aliphatic carbocycles. The average Bonchev–Trinajstić information content (AvgIpc) is 3.26. The van der Waals surface area contributed by atoms with Crippen molar-refractivity contribution in [2.45, 2.75) is 12.5 Å². The standard InChI is InChI=1S/C17H14N2O4S/c20-15(13-9-11-3-1-2-4-14(11)23-16(13)21)19-7-5-12(10-19)22-17-18-6-8-24-17/h1-4,6,8-9,12H,5,7,10H2. The molecule has 2 aromatic heterocycles. The fourth-order valence-electron chi connectivity index (χ4n) is 2.80. The number of nitrogens with zero attached hydrogens (tertiary/aromatic N) is 2. The lowest BCUT2D eigenvalue weighted by atomic mass is 10.1. The molecule has 122 valence electrons. The largest absolute Gasteiger partial charge is 0.465 e. The predicted octanol–water partition coefficient (Wildman–Crippen LogP) is 2.54. The Morgan fingerprint density at radius 2 is 2.25 bits per heavy atom. The fourth-order valence-corrected chi connectivity index (χ4v) is 3.35. The van der Waals surface area contributed by atoms with Gasteiger partial charge in [0.05, 0.1) is 6.54 Å². The van der Waals surface area contributed by atoms with Crippen LogP contribution in [-0.2, 0) is 0 Å². The molecule has 1 aliphatic heterocycles. The van der Waals surface area contributed by atoms with Gasteiger partial charge in [0.25, 0.3) is 11.1 Å². The number of carbonyl (C=O) groups is 1. The van der Waals surface area contributed by atoms with Crippen molar-refractivity contribution in [3.8, 4) is 5.19 Å². The van der Waals surface area contributed by atoms with Gasteiger partial charge in [0.15, 0.2) is 0 Å². The van der Waals surface area contributed by atoms with E-state index in [9.17, 15) is 9.59 Å². The van der Waals surface area contributed by atoms with Crippen LogP contribution in [-0.4, -0.2) is 35.0 Å². The zero-order valence-corrected chi connectivity index (χ0v) is 13.5. The third-order valence-electron chi connectivity index (χ3n) is 3.98. The Morgan fingerprint density at radius 3 is 3.08 bits per heavy atom. The number of fused-ring (bicyclic) bond motifs is 1. The number of benzene rings is 1. The Balaban J connectivity index is 1.54. The molecule has 6 nitrogen and oxygen atoms in total. The number of carbonyl (C=O) groups excluding carboxylic acids is 1. The van der Waals surface area contributed by atoms with E-state index in [2.05, 4.69) is 4.98 Å². The summed E-state index contributed by atoms with van der Waals surface area (Å²) < 4.78 is 11.0. The number of aromatic nitrogens is 1. The van der Waals surface area contributed by atoms with Crippen LogP contribution in [0.1, 0.15) is 16.8 Å². The van der Waals surface area contributed by atoms with E-state index in [1.807, 2.05) is 17.5 Å². The highest BCUT2D eigenvalue weighted by molar-refractivity contribution is 7.11. The minimum absolute atomic E-state index is 0.0589. The molecule has 0 radical (unpaired) electrons. The second-order valence-corrected chi connectivity index (χ2v) is 6.42. The maximum atomic E-state index is 12.7. The van der Waals surface area contributed by atoms with Gasteiger partial charge in [0, 0.05) is 29.9 Å².